The van der Waals surface area contributed by atoms with Gasteiger partial charge in [-0.05, 0) is 55.2 Å². The molecule has 1 unspecified atom stereocenters. The van der Waals surface area contributed by atoms with Crippen LogP contribution in [0.2, 0.25) is 10.0 Å². The van der Waals surface area contributed by atoms with Crippen molar-refractivity contribution in [3.63, 3.8) is 0 Å². The predicted molar refractivity (Wildman–Crippen MR) is 162 cm³/mol. The van der Waals surface area contributed by atoms with Gasteiger partial charge in [-0.15, -0.1) is 0 Å². The van der Waals surface area contributed by atoms with E-state index < -0.39 is 28.5 Å². The average molecular weight is 605 g/mol. The van der Waals surface area contributed by atoms with Gasteiger partial charge in [0.15, 0.2) is 0 Å². The van der Waals surface area contributed by atoms with E-state index in [2.05, 4.69) is 5.32 Å². The second-order valence-corrected chi connectivity index (χ2v) is 12.5. The van der Waals surface area contributed by atoms with Gasteiger partial charge >= 0.3 is 0 Å². The van der Waals surface area contributed by atoms with Gasteiger partial charge in [0, 0.05) is 35.1 Å². The lowest BCUT2D eigenvalue weighted by atomic mass is 10.0. The molecule has 40 heavy (non-hydrogen) atoms. The topological polar surface area (TPSA) is 86.8 Å². The number of sulfonamides is 1. The summed E-state index contributed by atoms with van der Waals surface area (Å²) in [5.41, 5.74) is 3.27. The summed E-state index contributed by atoms with van der Waals surface area (Å²) in [5.74, 6) is -0.908. The summed E-state index contributed by atoms with van der Waals surface area (Å²) >= 11 is 13.0. The van der Waals surface area contributed by atoms with Crippen molar-refractivity contribution in [2.75, 3.05) is 23.7 Å². The number of nitrogens with zero attached hydrogens (tertiary/aromatic N) is 2. The Balaban J connectivity index is 2.11. The minimum atomic E-state index is -3.86. The standard InChI is InChI=1S/C30H35Cl2N3O4S/c1-5-16-33-30(37)28(18-23-10-7-6-8-11-23)34(19-24-25(31)12-9-13-26(24)32)29(36)20-35(40(4,38)39)27-17-21(2)14-15-22(27)3/h6-15,17,28H,5,16,18-20H2,1-4H3,(H,33,37). The molecule has 3 rings (SSSR count). The van der Waals surface area contributed by atoms with Crippen molar-refractivity contribution in [2.45, 2.75) is 46.2 Å². The number of halogens is 2. The minimum Gasteiger partial charge on any atom is -0.354 e. The highest BCUT2D eigenvalue weighted by Gasteiger charge is 2.34. The Hall–Kier alpha value is -3.07. The normalized spacial score (nSPS) is 12.1. The lowest BCUT2D eigenvalue weighted by Crippen LogP contribution is -2.53. The van der Waals surface area contributed by atoms with Gasteiger partial charge in [-0.1, -0.05) is 78.7 Å². The first kappa shape index (κ1) is 31.5. The monoisotopic (exact) mass is 603 g/mol. The van der Waals surface area contributed by atoms with Gasteiger partial charge in [0.25, 0.3) is 0 Å². The molecule has 0 aromatic heterocycles. The third-order valence-corrected chi connectivity index (χ3v) is 8.36. The molecule has 10 heteroatoms. The Labute approximate surface area is 247 Å². The first-order valence-electron chi connectivity index (χ1n) is 13.0. The maximum absolute atomic E-state index is 14.2. The van der Waals surface area contributed by atoms with Gasteiger partial charge in [-0.2, -0.15) is 0 Å². The van der Waals surface area contributed by atoms with Crippen LogP contribution in [-0.4, -0.2) is 50.5 Å². The Morgan fingerprint density at radius 1 is 0.950 bits per heavy atom. The first-order valence-corrected chi connectivity index (χ1v) is 15.6. The smallest absolute Gasteiger partial charge is 0.244 e. The van der Waals surface area contributed by atoms with Gasteiger partial charge in [0.05, 0.1) is 11.9 Å². The molecule has 1 N–H and O–H groups in total. The molecule has 1 atom stereocenters. The molecule has 0 fully saturated rings. The van der Waals surface area contributed by atoms with E-state index in [1.165, 1.54) is 4.90 Å². The van der Waals surface area contributed by atoms with Gasteiger partial charge < -0.3 is 10.2 Å². The quantitative estimate of drug-likeness (QED) is 0.294. The number of benzene rings is 3. The number of amides is 2. The van der Waals surface area contributed by atoms with Crippen molar-refractivity contribution in [2.24, 2.45) is 0 Å². The Morgan fingerprint density at radius 3 is 2.20 bits per heavy atom. The molecule has 214 valence electrons. The Kier molecular flexibility index (Phi) is 11.0. The molecule has 0 saturated carbocycles. The molecule has 3 aromatic rings. The van der Waals surface area contributed by atoms with Crippen LogP contribution in [0.1, 0.15) is 35.6 Å². The average Bonchev–Trinajstić information content (AvgIpc) is 2.90. The van der Waals surface area contributed by atoms with Crippen molar-refractivity contribution in [3.05, 3.63) is 99.0 Å². The summed E-state index contributed by atoms with van der Waals surface area (Å²) < 4.78 is 27.1. The number of aryl methyl sites for hydroxylation is 2. The van der Waals surface area contributed by atoms with Crippen LogP contribution in [0, 0.1) is 13.8 Å². The zero-order chi connectivity index (χ0) is 29.4. The summed E-state index contributed by atoms with van der Waals surface area (Å²) in [5, 5.41) is 3.58. The Bertz CT molecular complexity index is 1430. The van der Waals surface area contributed by atoms with Crippen LogP contribution in [0.25, 0.3) is 0 Å². The first-order chi connectivity index (χ1) is 18.9. The number of nitrogens with one attached hydrogen (secondary N) is 1. The van der Waals surface area contributed by atoms with Crippen molar-refractivity contribution < 1.29 is 18.0 Å². The van der Waals surface area contributed by atoms with Crippen LogP contribution in [0.5, 0.6) is 0 Å². The van der Waals surface area contributed by atoms with Crippen molar-refractivity contribution in [1.29, 1.82) is 0 Å². The third-order valence-electron chi connectivity index (χ3n) is 6.52. The molecular weight excluding hydrogens is 569 g/mol. The van der Waals surface area contributed by atoms with Crippen LogP contribution in [0.15, 0.2) is 66.7 Å². The molecule has 2 amide bonds. The fourth-order valence-corrected chi connectivity index (χ4v) is 5.77. The molecule has 7 nitrogen and oxygen atoms in total. The van der Waals surface area contributed by atoms with Gasteiger partial charge in [-0.25, -0.2) is 8.42 Å². The fraction of sp³-hybridized carbons (Fsp3) is 0.333. The van der Waals surface area contributed by atoms with Crippen LogP contribution >= 0.6 is 23.2 Å². The van der Waals surface area contributed by atoms with E-state index >= 15 is 0 Å². The number of anilines is 1. The van der Waals surface area contributed by atoms with Crippen LogP contribution in [0.4, 0.5) is 5.69 Å². The van der Waals surface area contributed by atoms with Crippen molar-refractivity contribution in [3.8, 4) is 0 Å². The summed E-state index contributed by atoms with van der Waals surface area (Å²) in [6, 6.07) is 18.8. The molecular formula is C30H35Cl2N3O4S. The van der Waals surface area contributed by atoms with Crippen LogP contribution in [0.3, 0.4) is 0 Å². The highest BCUT2D eigenvalue weighted by molar-refractivity contribution is 7.92. The summed E-state index contributed by atoms with van der Waals surface area (Å²) in [4.78, 5) is 29.1. The van der Waals surface area contributed by atoms with E-state index in [9.17, 15) is 18.0 Å². The SMILES string of the molecule is CCCNC(=O)C(Cc1ccccc1)N(Cc1c(Cl)cccc1Cl)C(=O)CN(c1cc(C)ccc1C)S(C)(=O)=O. The summed E-state index contributed by atoms with van der Waals surface area (Å²) in [6.45, 7) is 5.42. The zero-order valence-corrected chi connectivity index (χ0v) is 25.5. The maximum Gasteiger partial charge on any atom is 0.244 e. The van der Waals surface area contributed by atoms with Crippen LogP contribution in [-0.2, 0) is 32.6 Å². The number of carbonyl (C=O) groups is 2. The van der Waals surface area contributed by atoms with E-state index in [1.807, 2.05) is 56.3 Å². The number of carbonyl (C=O) groups excluding carboxylic acids is 2. The molecule has 3 aromatic carbocycles. The van der Waals surface area contributed by atoms with E-state index in [4.69, 9.17) is 23.2 Å². The molecule has 0 radical (unpaired) electrons. The van der Waals surface area contributed by atoms with E-state index in [-0.39, 0.29) is 18.9 Å². The molecule has 0 aliphatic heterocycles. The highest BCUT2D eigenvalue weighted by Crippen LogP contribution is 2.29. The maximum atomic E-state index is 14.2. The fourth-order valence-electron chi connectivity index (χ4n) is 4.36. The van der Waals surface area contributed by atoms with E-state index in [0.29, 0.717) is 39.8 Å². The highest BCUT2D eigenvalue weighted by atomic mass is 35.5. The molecule has 0 aliphatic rings. The lowest BCUT2D eigenvalue weighted by Gasteiger charge is -2.34. The Morgan fingerprint density at radius 2 is 1.60 bits per heavy atom. The molecule has 0 heterocycles. The number of hydrogen-bond acceptors (Lipinski definition) is 4. The second kappa shape index (κ2) is 14.0. The predicted octanol–water partition coefficient (Wildman–Crippen LogP) is 5.54. The van der Waals surface area contributed by atoms with Crippen molar-refractivity contribution >= 4 is 50.7 Å². The minimum absolute atomic E-state index is 0.0845. The molecule has 0 spiro atoms. The second-order valence-electron chi connectivity index (χ2n) is 9.78. The molecule has 0 aliphatic carbocycles. The zero-order valence-electron chi connectivity index (χ0n) is 23.2. The lowest BCUT2D eigenvalue weighted by molar-refractivity contribution is -0.140. The molecule has 0 saturated heterocycles. The summed E-state index contributed by atoms with van der Waals surface area (Å²) in [6.07, 6.45) is 1.99. The number of hydrogen-bond donors (Lipinski definition) is 1. The largest absolute Gasteiger partial charge is 0.354 e. The van der Waals surface area contributed by atoms with Gasteiger partial charge in [-0.3, -0.25) is 13.9 Å². The third kappa shape index (κ3) is 8.22. The van der Waals surface area contributed by atoms with E-state index in [1.54, 1.807) is 31.2 Å². The summed E-state index contributed by atoms with van der Waals surface area (Å²) in [7, 11) is -3.86. The van der Waals surface area contributed by atoms with Crippen molar-refractivity contribution in [1.82, 2.24) is 10.2 Å². The van der Waals surface area contributed by atoms with Gasteiger partial charge in [0.1, 0.15) is 12.6 Å². The molecule has 0 bridgehead atoms. The van der Waals surface area contributed by atoms with Gasteiger partial charge in [0.2, 0.25) is 21.8 Å². The van der Waals surface area contributed by atoms with Crippen LogP contribution < -0.4 is 9.62 Å². The van der Waals surface area contributed by atoms with E-state index in [0.717, 1.165) is 21.7 Å². The number of rotatable bonds is 12.